The molecule has 0 aromatic rings. The Labute approximate surface area is 94.8 Å². The van der Waals surface area contributed by atoms with Crippen LogP contribution in [0.15, 0.2) is 0 Å². The van der Waals surface area contributed by atoms with Crippen molar-refractivity contribution in [3.63, 3.8) is 0 Å². The molecule has 0 fully saturated rings. The highest BCUT2D eigenvalue weighted by Gasteiger charge is 2.12. The van der Waals surface area contributed by atoms with Gasteiger partial charge in [-0.2, -0.15) is 0 Å². The molecule has 0 aliphatic carbocycles. The Bertz CT molecular complexity index is 203. The molecule has 0 heterocycles. The van der Waals surface area contributed by atoms with Crippen LogP contribution in [0.1, 0.15) is 19.8 Å². The number of aliphatic carboxylic acids is 2. The number of ether oxygens (including phenoxy) is 1. The van der Waals surface area contributed by atoms with Gasteiger partial charge in [-0.1, -0.05) is 13.3 Å². The molecule has 16 heavy (non-hydrogen) atoms. The summed E-state index contributed by atoms with van der Waals surface area (Å²) in [5.74, 6) is -2.07. The lowest BCUT2D eigenvalue weighted by Crippen LogP contribution is -2.36. The molecule has 0 saturated heterocycles. The predicted octanol–water partition coefficient (Wildman–Crippen LogP) is 0.274. The molecule has 0 spiro atoms. The highest BCUT2D eigenvalue weighted by molar-refractivity contribution is 5.72. The second-order valence-corrected chi connectivity index (χ2v) is 3.46. The maximum atomic E-state index is 10.5. The van der Waals surface area contributed by atoms with Crippen LogP contribution in [0, 0.1) is 0 Å². The van der Waals surface area contributed by atoms with Gasteiger partial charge in [0, 0.05) is 13.2 Å². The molecule has 0 atom stereocenters. The monoisotopic (exact) mass is 233 g/mol. The van der Waals surface area contributed by atoms with Gasteiger partial charge in [-0.15, -0.1) is 0 Å². The summed E-state index contributed by atoms with van der Waals surface area (Å²) >= 11 is 0. The molecule has 0 aliphatic heterocycles. The fourth-order valence-corrected chi connectivity index (χ4v) is 1.14. The summed E-state index contributed by atoms with van der Waals surface area (Å²) in [6.45, 7) is 2.81. The van der Waals surface area contributed by atoms with Crippen molar-refractivity contribution in [3.8, 4) is 0 Å². The van der Waals surface area contributed by atoms with Crippen molar-refractivity contribution in [1.29, 1.82) is 0 Å². The van der Waals surface area contributed by atoms with Crippen LogP contribution in [0.4, 0.5) is 0 Å². The Morgan fingerprint density at radius 3 is 2.12 bits per heavy atom. The Hall–Kier alpha value is -1.14. The molecule has 0 unspecified atom stereocenters. The van der Waals surface area contributed by atoms with Crippen LogP contribution in [0.2, 0.25) is 0 Å². The molecular weight excluding hydrogens is 214 g/mol. The zero-order valence-corrected chi connectivity index (χ0v) is 9.52. The minimum Gasteiger partial charge on any atom is -0.480 e. The van der Waals surface area contributed by atoms with Gasteiger partial charge in [0.15, 0.2) is 0 Å². The first-order valence-electron chi connectivity index (χ1n) is 5.30. The number of hydrogen-bond acceptors (Lipinski definition) is 4. The molecule has 2 N–H and O–H groups in total. The van der Waals surface area contributed by atoms with Crippen LogP contribution in [0.5, 0.6) is 0 Å². The number of carboxylic acid groups (broad SMARTS) is 2. The predicted molar refractivity (Wildman–Crippen MR) is 57.4 cm³/mol. The average Bonchev–Trinajstić information content (AvgIpc) is 2.15. The average molecular weight is 233 g/mol. The van der Waals surface area contributed by atoms with E-state index in [1.165, 1.54) is 4.90 Å². The molecule has 0 aromatic heterocycles. The third kappa shape index (κ3) is 9.42. The van der Waals surface area contributed by atoms with E-state index in [9.17, 15) is 9.59 Å². The second kappa shape index (κ2) is 9.11. The third-order valence-corrected chi connectivity index (χ3v) is 1.91. The van der Waals surface area contributed by atoms with Crippen LogP contribution in [0.25, 0.3) is 0 Å². The standard InChI is InChI=1S/C10H19NO5/c1-2-3-5-16-6-4-11(7-9(12)13)8-10(14)15/h2-8H2,1H3,(H,12,13)(H,14,15). The zero-order valence-electron chi connectivity index (χ0n) is 9.52. The molecule has 0 saturated carbocycles. The van der Waals surface area contributed by atoms with E-state index in [4.69, 9.17) is 14.9 Å². The van der Waals surface area contributed by atoms with Crippen LogP contribution >= 0.6 is 0 Å². The van der Waals surface area contributed by atoms with E-state index in [-0.39, 0.29) is 13.1 Å². The van der Waals surface area contributed by atoms with E-state index < -0.39 is 11.9 Å². The van der Waals surface area contributed by atoms with Gasteiger partial charge in [-0.25, -0.2) is 0 Å². The fourth-order valence-electron chi connectivity index (χ4n) is 1.14. The number of rotatable bonds is 10. The van der Waals surface area contributed by atoms with Gasteiger partial charge in [0.25, 0.3) is 0 Å². The summed E-state index contributed by atoms with van der Waals surface area (Å²) in [5, 5.41) is 17.1. The Balaban J connectivity index is 3.73. The summed E-state index contributed by atoms with van der Waals surface area (Å²) in [7, 11) is 0. The van der Waals surface area contributed by atoms with E-state index in [1.807, 2.05) is 6.92 Å². The van der Waals surface area contributed by atoms with E-state index in [1.54, 1.807) is 0 Å². The number of carboxylic acids is 2. The second-order valence-electron chi connectivity index (χ2n) is 3.46. The maximum Gasteiger partial charge on any atom is 0.317 e. The van der Waals surface area contributed by atoms with Gasteiger partial charge < -0.3 is 14.9 Å². The topological polar surface area (TPSA) is 87.1 Å². The maximum absolute atomic E-state index is 10.5. The lowest BCUT2D eigenvalue weighted by Gasteiger charge is -2.17. The normalized spacial score (nSPS) is 10.6. The van der Waals surface area contributed by atoms with Crippen LogP contribution < -0.4 is 0 Å². The highest BCUT2D eigenvalue weighted by atomic mass is 16.5. The fraction of sp³-hybridized carbons (Fsp3) is 0.800. The molecule has 0 radical (unpaired) electrons. The number of unbranched alkanes of at least 4 members (excludes halogenated alkanes) is 1. The molecule has 0 aliphatic rings. The summed E-state index contributed by atoms with van der Waals surface area (Å²) in [6.07, 6.45) is 1.99. The Morgan fingerprint density at radius 1 is 1.12 bits per heavy atom. The Morgan fingerprint density at radius 2 is 1.69 bits per heavy atom. The van der Waals surface area contributed by atoms with Crippen LogP contribution in [0.3, 0.4) is 0 Å². The van der Waals surface area contributed by atoms with Crippen molar-refractivity contribution in [2.75, 3.05) is 32.8 Å². The molecule has 6 heteroatoms. The number of hydrogen-bond donors (Lipinski definition) is 2. The molecule has 94 valence electrons. The molecular formula is C10H19NO5. The first-order valence-corrected chi connectivity index (χ1v) is 5.30. The highest BCUT2D eigenvalue weighted by Crippen LogP contribution is 1.92. The quantitative estimate of drug-likeness (QED) is 0.527. The van der Waals surface area contributed by atoms with Crippen molar-refractivity contribution < 1.29 is 24.5 Å². The minimum absolute atomic E-state index is 0.274. The van der Waals surface area contributed by atoms with Gasteiger partial charge in [0.1, 0.15) is 0 Å². The van der Waals surface area contributed by atoms with Gasteiger partial charge in [0.05, 0.1) is 19.7 Å². The van der Waals surface area contributed by atoms with Crippen molar-refractivity contribution >= 4 is 11.9 Å². The molecule has 0 aromatic carbocycles. The van der Waals surface area contributed by atoms with Crippen molar-refractivity contribution in [3.05, 3.63) is 0 Å². The smallest absolute Gasteiger partial charge is 0.317 e. The van der Waals surface area contributed by atoms with Crippen molar-refractivity contribution in [2.24, 2.45) is 0 Å². The summed E-state index contributed by atoms with van der Waals surface area (Å²) in [6, 6.07) is 0. The van der Waals surface area contributed by atoms with E-state index in [0.29, 0.717) is 19.8 Å². The third-order valence-electron chi connectivity index (χ3n) is 1.91. The first-order chi connectivity index (χ1) is 7.56. The number of carbonyl (C=O) groups is 2. The van der Waals surface area contributed by atoms with E-state index in [2.05, 4.69) is 0 Å². The SMILES string of the molecule is CCCCOCCN(CC(=O)O)CC(=O)O. The molecule has 0 bridgehead atoms. The van der Waals surface area contributed by atoms with Gasteiger partial charge in [-0.05, 0) is 6.42 Å². The molecule has 0 amide bonds. The van der Waals surface area contributed by atoms with Crippen molar-refractivity contribution in [2.45, 2.75) is 19.8 Å². The minimum atomic E-state index is -1.03. The van der Waals surface area contributed by atoms with Gasteiger partial charge in [-0.3, -0.25) is 14.5 Å². The van der Waals surface area contributed by atoms with E-state index in [0.717, 1.165) is 12.8 Å². The zero-order chi connectivity index (χ0) is 12.4. The summed E-state index contributed by atoms with van der Waals surface area (Å²) in [4.78, 5) is 22.2. The van der Waals surface area contributed by atoms with Crippen LogP contribution in [-0.2, 0) is 14.3 Å². The first kappa shape index (κ1) is 14.9. The Kier molecular flexibility index (Phi) is 8.46. The largest absolute Gasteiger partial charge is 0.480 e. The summed E-state index contributed by atoms with van der Waals surface area (Å²) in [5.41, 5.74) is 0. The molecule has 0 rings (SSSR count). The molecule has 6 nitrogen and oxygen atoms in total. The van der Waals surface area contributed by atoms with Gasteiger partial charge in [0.2, 0.25) is 0 Å². The lowest BCUT2D eigenvalue weighted by atomic mass is 10.4. The van der Waals surface area contributed by atoms with Gasteiger partial charge >= 0.3 is 11.9 Å². The van der Waals surface area contributed by atoms with Crippen molar-refractivity contribution in [1.82, 2.24) is 4.90 Å². The van der Waals surface area contributed by atoms with E-state index >= 15 is 0 Å². The van der Waals surface area contributed by atoms with Crippen LogP contribution in [-0.4, -0.2) is 59.9 Å². The number of nitrogens with zero attached hydrogens (tertiary/aromatic N) is 1. The lowest BCUT2D eigenvalue weighted by molar-refractivity contribution is -0.142. The summed E-state index contributed by atoms with van der Waals surface area (Å²) < 4.78 is 5.24.